The Bertz CT molecular complexity index is 706. The maximum absolute atomic E-state index is 9.36. The van der Waals surface area contributed by atoms with Crippen LogP contribution in [-0.4, -0.2) is 31.2 Å². The monoisotopic (exact) mass is 308 g/mol. The zero-order valence-electron chi connectivity index (χ0n) is 13.1. The third kappa shape index (κ3) is 2.65. The molecule has 118 valence electrons. The smallest absolute Gasteiger partial charge is 0.234 e. The summed E-state index contributed by atoms with van der Waals surface area (Å²) in [6.45, 7) is 3.55. The molecular formula is C18H20N4O. The van der Waals surface area contributed by atoms with Gasteiger partial charge in [-0.3, -0.25) is 0 Å². The highest BCUT2D eigenvalue weighted by Gasteiger charge is 2.29. The van der Waals surface area contributed by atoms with Crippen LogP contribution in [0.4, 0.5) is 11.6 Å². The Morgan fingerprint density at radius 3 is 2.35 bits per heavy atom. The molecule has 0 spiro atoms. The average Bonchev–Trinajstić information content (AvgIpc) is 2.98. The second-order valence-electron chi connectivity index (χ2n) is 6.26. The van der Waals surface area contributed by atoms with Crippen LogP contribution in [0.2, 0.25) is 0 Å². The van der Waals surface area contributed by atoms with Crippen LogP contribution in [0.3, 0.4) is 0 Å². The molecule has 1 saturated heterocycles. The normalized spacial score (nSPS) is 18.6. The van der Waals surface area contributed by atoms with Crippen molar-refractivity contribution in [2.24, 2.45) is 0 Å². The first-order chi connectivity index (χ1) is 11.3. The van der Waals surface area contributed by atoms with Gasteiger partial charge in [-0.1, -0.05) is 24.6 Å². The number of benzene rings is 1. The Labute approximate surface area is 136 Å². The summed E-state index contributed by atoms with van der Waals surface area (Å²) in [7, 11) is 0. The van der Waals surface area contributed by atoms with Crippen molar-refractivity contribution in [2.75, 3.05) is 36.0 Å². The molecule has 1 aromatic carbocycles. The Kier molecular flexibility index (Phi) is 3.66. The number of nitriles is 1. The summed E-state index contributed by atoms with van der Waals surface area (Å²) in [5.74, 6) is 1.84. The fourth-order valence-electron chi connectivity index (χ4n) is 3.25. The molecule has 2 fully saturated rings. The zero-order chi connectivity index (χ0) is 15.6. The largest absolute Gasteiger partial charge is 0.423 e. The van der Waals surface area contributed by atoms with Crippen molar-refractivity contribution in [1.29, 1.82) is 5.26 Å². The van der Waals surface area contributed by atoms with Gasteiger partial charge in [0.25, 0.3) is 0 Å². The number of anilines is 2. The van der Waals surface area contributed by atoms with E-state index in [9.17, 15) is 5.26 Å². The van der Waals surface area contributed by atoms with Crippen LogP contribution < -0.4 is 9.80 Å². The Balaban J connectivity index is 1.48. The number of hydrogen-bond donors (Lipinski definition) is 0. The first kappa shape index (κ1) is 14.1. The van der Waals surface area contributed by atoms with Gasteiger partial charge in [0.15, 0.2) is 0 Å². The second-order valence-corrected chi connectivity index (χ2v) is 6.26. The molecule has 1 aliphatic heterocycles. The SMILES string of the molecule is N#Cc1nc(C2CCC2)oc1N1CCN(c2ccccc2)CC1. The van der Waals surface area contributed by atoms with Gasteiger partial charge < -0.3 is 14.2 Å². The standard InChI is InChI=1S/C18H20N4O/c19-13-16-18(23-17(20-16)14-5-4-6-14)22-11-9-21(10-12-22)15-7-2-1-3-8-15/h1-3,7-8,14H,4-6,9-12H2. The summed E-state index contributed by atoms with van der Waals surface area (Å²) in [6.07, 6.45) is 3.50. The van der Waals surface area contributed by atoms with Crippen molar-refractivity contribution in [3.05, 3.63) is 41.9 Å². The number of piperazine rings is 1. The number of oxazole rings is 1. The minimum absolute atomic E-state index is 0.418. The number of nitrogens with zero attached hydrogens (tertiary/aromatic N) is 4. The van der Waals surface area contributed by atoms with Gasteiger partial charge in [-0.25, -0.2) is 4.98 Å². The highest BCUT2D eigenvalue weighted by Crippen LogP contribution is 2.38. The molecule has 4 rings (SSSR count). The Hall–Kier alpha value is -2.48. The summed E-state index contributed by atoms with van der Waals surface area (Å²) in [5, 5.41) is 9.36. The van der Waals surface area contributed by atoms with Gasteiger partial charge in [0.2, 0.25) is 17.5 Å². The lowest BCUT2D eigenvalue weighted by Crippen LogP contribution is -2.46. The predicted molar refractivity (Wildman–Crippen MR) is 88.7 cm³/mol. The summed E-state index contributed by atoms with van der Waals surface area (Å²) in [5.41, 5.74) is 1.69. The number of aromatic nitrogens is 1. The van der Waals surface area contributed by atoms with Gasteiger partial charge in [-0.2, -0.15) is 5.26 Å². The molecular weight excluding hydrogens is 288 g/mol. The Morgan fingerprint density at radius 1 is 1.04 bits per heavy atom. The molecule has 0 N–H and O–H groups in total. The molecule has 0 atom stereocenters. The summed E-state index contributed by atoms with van der Waals surface area (Å²) >= 11 is 0. The first-order valence-electron chi connectivity index (χ1n) is 8.31. The highest BCUT2D eigenvalue weighted by atomic mass is 16.4. The fourth-order valence-corrected chi connectivity index (χ4v) is 3.25. The summed E-state index contributed by atoms with van der Waals surface area (Å²) in [6, 6.07) is 12.6. The number of hydrogen-bond acceptors (Lipinski definition) is 5. The highest BCUT2D eigenvalue weighted by molar-refractivity contribution is 5.52. The molecule has 2 heterocycles. The lowest BCUT2D eigenvalue weighted by Gasteiger charge is -2.36. The van der Waals surface area contributed by atoms with E-state index in [0.717, 1.165) is 44.9 Å². The van der Waals surface area contributed by atoms with Crippen molar-refractivity contribution >= 4 is 11.6 Å². The average molecular weight is 308 g/mol. The van der Waals surface area contributed by atoms with E-state index < -0.39 is 0 Å². The van der Waals surface area contributed by atoms with E-state index >= 15 is 0 Å². The van der Waals surface area contributed by atoms with Crippen molar-refractivity contribution in [2.45, 2.75) is 25.2 Å². The van der Waals surface area contributed by atoms with E-state index in [-0.39, 0.29) is 0 Å². The molecule has 23 heavy (non-hydrogen) atoms. The predicted octanol–water partition coefficient (Wildman–Crippen LogP) is 3.14. The topological polar surface area (TPSA) is 56.3 Å². The fraction of sp³-hybridized carbons (Fsp3) is 0.444. The molecule has 5 heteroatoms. The van der Waals surface area contributed by atoms with Gasteiger partial charge in [0, 0.05) is 37.8 Å². The van der Waals surface area contributed by atoms with Crippen LogP contribution in [0, 0.1) is 11.3 Å². The van der Waals surface area contributed by atoms with Crippen molar-refractivity contribution in [3.63, 3.8) is 0 Å². The number of para-hydroxylation sites is 1. The third-order valence-corrected chi connectivity index (χ3v) is 4.87. The minimum atomic E-state index is 0.418. The van der Waals surface area contributed by atoms with Crippen LogP contribution in [0.25, 0.3) is 0 Å². The van der Waals surface area contributed by atoms with E-state index in [4.69, 9.17) is 4.42 Å². The van der Waals surface area contributed by atoms with Gasteiger partial charge in [-0.05, 0) is 25.0 Å². The van der Waals surface area contributed by atoms with E-state index in [1.807, 2.05) is 6.07 Å². The molecule has 1 aromatic heterocycles. The molecule has 2 aromatic rings. The van der Waals surface area contributed by atoms with Crippen LogP contribution in [0.1, 0.15) is 36.8 Å². The molecule has 5 nitrogen and oxygen atoms in total. The summed E-state index contributed by atoms with van der Waals surface area (Å²) in [4.78, 5) is 8.95. The van der Waals surface area contributed by atoms with E-state index in [2.05, 4.69) is 45.1 Å². The van der Waals surface area contributed by atoms with Crippen molar-refractivity contribution in [1.82, 2.24) is 4.98 Å². The second kappa shape index (κ2) is 5.96. The van der Waals surface area contributed by atoms with Gasteiger partial charge in [0.05, 0.1) is 0 Å². The minimum Gasteiger partial charge on any atom is -0.423 e. The third-order valence-electron chi connectivity index (χ3n) is 4.87. The quantitative estimate of drug-likeness (QED) is 0.872. The van der Waals surface area contributed by atoms with Crippen LogP contribution in [0.5, 0.6) is 0 Å². The molecule has 0 amide bonds. The number of rotatable bonds is 3. The van der Waals surface area contributed by atoms with E-state index in [0.29, 0.717) is 17.5 Å². The molecule has 2 aliphatic rings. The maximum atomic E-state index is 9.36. The van der Waals surface area contributed by atoms with Crippen LogP contribution >= 0.6 is 0 Å². The molecule has 1 aliphatic carbocycles. The molecule has 0 unspecified atom stereocenters. The zero-order valence-corrected chi connectivity index (χ0v) is 13.1. The van der Waals surface area contributed by atoms with Gasteiger partial charge >= 0.3 is 0 Å². The van der Waals surface area contributed by atoms with Crippen molar-refractivity contribution < 1.29 is 4.42 Å². The Morgan fingerprint density at radius 2 is 1.74 bits per heavy atom. The van der Waals surface area contributed by atoms with E-state index in [1.165, 1.54) is 12.1 Å². The van der Waals surface area contributed by atoms with Gasteiger partial charge in [0.1, 0.15) is 6.07 Å². The molecule has 0 radical (unpaired) electrons. The summed E-state index contributed by atoms with van der Waals surface area (Å²) < 4.78 is 5.96. The molecule has 0 bridgehead atoms. The van der Waals surface area contributed by atoms with Crippen LogP contribution in [-0.2, 0) is 0 Å². The lowest BCUT2D eigenvalue weighted by atomic mass is 9.85. The maximum Gasteiger partial charge on any atom is 0.234 e. The molecule has 1 saturated carbocycles. The van der Waals surface area contributed by atoms with Gasteiger partial charge in [-0.15, -0.1) is 0 Å². The lowest BCUT2D eigenvalue weighted by molar-refractivity contribution is 0.334. The first-order valence-corrected chi connectivity index (χ1v) is 8.31. The van der Waals surface area contributed by atoms with Crippen LogP contribution in [0.15, 0.2) is 34.7 Å². The van der Waals surface area contributed by atoms with E-state index in [1.54, 1.807) is 0 Å². The van der Waals surface area contributed by atoms with Crippen molar-refractivity contribution in [3.8, 4) is 6.07 Å².